The van der Waals surface area contributed by atoms with Gasteiger partial charge in [-0.3, -0.25) is 4.99 Å². The average molecular weight is 452 g/mol. The van der Waals surface area contributed by atoms with Gasteiger partial charge in [-0.15, -0.1) is 0 Å². The van der Waals surface area contributed by atoms with Crippen molar-refractivity contribution in [2.24, 2.45) is 4.99 Å². The molecule has 2 aromatic rings. The summed E-state index contributed by atoms with van der Waals surface area (Å²) in [4.78, 5) is 4.80. The molecule has 0 fully saturated rings. The minimum Gasteiger partial charge on any atom is -0.392 e. The molecule has 0 bridgehead atoms. The number of rotatable bonds is 9. The number of aryl methyl sites for hydroxylation is 2. The summed E-state index contributed by atoms with van der Waals surface area (Å²) >= 11 is 0. The molecule has 0 aliphatic carbocycles. The van der Waals surface area contributed by atoms with Gasteiger partial charge in [0, 0.05) is 11.6 Å². The van der Waals surface area contributed by atoms with E-state index in [1.54, 1.807) is 13.1 Å². The highest BCUT2D eigenvalue weighted by molar-refractivity contribution is 5.83. The molecule has 4 unspecified atom stereocenters. The maximum atomic E-state index is 14.5. The molecule has 0 saturated carbocycles. The fourth-order valence-electron chi connectivity index (χ4n) is 4.59. The first-order valence-corrected chi connectivity index (χ1v) is 11.1. The minimum atomic E-state index is -4.47. The first kappa shape index (κ1) is 26.0. The van der Waals surface area contributed by atoms with Crippen molar-refractivity contribution in [3.8, 4) is 0 Å². The van der Waals surface area contributed by atoms with Crippen molar-refractivity contribution in [1.82, 2.24) is 0 Å². The quantitative estimate of drug-likeness (QED) is 0.324. The van der Waals surface area contributed by atoms with Gasteiger partial charge in [-0.05, 0) is 74.4 Å². The topological polar surface area (TPSA) is 32.6 Å². The third kappa shape index (κ3) is 5.58. The van der Waals surface area contributed by atoms with E-state index in [9.17, 15) is 22.7 Å². The van der Waals surface area contributed by atoms with Crippen LogP contribution in [0.2, 0.25) is 0 Å². The van der Waals surface area contributed by atoms with Gasteiger partial charge in [0.1, 0.15) is 0 Å². The Labute approximate surface area is 188 Å². The molecule has 0 amide bonds. The normalized spacial score (nSPS) is 17.2. The molecule has 0 spiro atoms. The number of halogens is 4. The number of aliphatic hydroxyl groups is 1. The Morgan fingerprint density at radius 2 is 1.47 bits per heavy atom. The van der Waals surface area contributed by atoms with Crippen molar-refractivity contribution in [1.29, 1.82) is 0 Å². The van der Waals surface area contributed by atoms with E-state index >= 15 is 0 Å². The summed E-state index contributed by atoms with van der Waals surface area (Å²) in [6.45, 7) is 9.04. The highest BCUT2D eigenvalue weighted by atomic mass is 19.4. The third-order valence-electron chi connectivity index (χ3n) is 6.26. The first-order chi connectivity index (χ1) is 15.0. The number of hydrogen-bond acceptors (Lipinski definition) is 2. The van der Waals surface area contributed by atoms with E-state index in [0.29, 0.717) is 18.4 Å². The molecule has 0 saturated heterocycles. The van der Waals surface area contributed by atoms with Gasteiger partial charge < -0.3 is 5.11 Å². The van der Waals surface area contributed by atoms with Gasteiger partial charge in [0.15, 0.2) is 0 Å². The van der Waals surface area contributed by atoms with Gasteiger partial charge in [-0.2, -0.15) is 13.2 Å². The Bertz CT molecular complexity index is 885. The molecule has 1 N–H and O–H groups in total. The van der Waals surface area contributed by atoms with Crippen molar-refractivity contribution in [2.75, 3.05) is 0 Å². The van der Waals surface area contributed by atoms with E-state index in [2.05, 4.69) is 0 Å². The summed E-state index contributed by atoms with van der Waals surface area (Å²) in [5, 5.41) is 11.1. The number of benzene rings is 2. The zero-order valence-electron chi connectivity index (χ0n) is 19.4. The van der Waals surface area contributed by atoms with Crippen molar-refractivity contribution in [3.63, 3.8) is 0 Å². The average Bonchev–Trinajstić information content (AvgIpc) is 2.73. The monoisotopic (exact) mass is 451 g/mol. The lowest BCUT2D eigenvalue weighted by Crippen LogP contribution is -2.50. The van der Waals surface area contributed by atoms with Crippen LogP contribution in [0.15, 0.2) is 47.5 Å². The van der Waals surface area contributed by atoms with E-state index in [4.69, 9.17) is 4.99 Å². The molecule has 0 aromatic heterocycles. The molecule has 2 rings (SSSR count). The smallest absolute Gasteiger partial charge is 0.392 e. The van der Waals surface area contributed by atoms with Crippen LogP contribution < -0.4 is 0 Å². The van der Waals surface area contributed by atoms with E-state index in [-0.39, 0.29) is 6.42 Å². The van der Waals surface area contributed by atoms with Crippen molar-refractivity contribution in [3.05, 3.63) is 70.3 Å². The predicted octanol–water partition coefficient (Wildman–Crippen LogP) is 6.98. The zero-order chi connectivity index (χ0) is 24.1. The molecule has 0 aliphatic heterocycles. The molecule has 32 heavy (non-hydrogen) atoms. The number of hydrogen-bond donors (Lipinski definition) is 1. The van der Waals surface area contributed by atoms with Gasteiger partial charge in [-0.25, -0.2) is 4.39 Å². The highest BCUT2D eigenvalue weighted by Crippen LogP contribution is 2.42. The second-order valence-corrected chi connectivity index (χ2v) is 8.53. The molecule has 2 nitrogen and oxygen atoms in total. The Balaban J connectivity index is 2.66. The van der Waals surface area contributed by atoms with Crippen LogP contribution >= 0.6 is 0 Å². The summed E-state index contributed by atoms with van der Waals surface area (Å²) in [5.74, 6) is 0. The lowest BCUT2D eigenvalue weighted by atomic mass is 9.65. The lowest BCUT2D eigenvalue weighted by Gasteiger charge is -2.43. The van der Waals surface area contributed by atoms with Crippen LogP contribution in [0.4, 0.5) is 17.6 Å². The van der Waals surface area contributed by atoms with Gasteiger partial charge in [0.05, 0.1) is 23.9 Å². The molecule has 0 aliphatic rings. The summed E-state index contributed by atoms with van der Waals surface area (Å²) in [5.41, 5.74) is 1.56. The molecule has 0 radical (unpaired) electrons. The maximum absolute atomic E-state index is 14.5. The van der Waals surface area contributed by atoms with E-state index in [1.165, 1.54) is 19.1 Å². The van der Waals surface area contributed by atoms with Crippen LogP contribution in [0.3, 0.4) is 0 Å². The molecule has 2 aromatic carbocycles. The molecular formula is C26H33F4NO. The largest absolute Gasteiger partial charge is 0.416 e. The van der Waals surface area contributed by atoms with Crippen LogP contribution in [-0.2, 0) is 11.6 Å². The van der Waals surface area contributed by atoms with Crippen LogP contribution in [0, 0.1) is 13.8 Å². The summed E-state index contributed by atoms with van der Waals surface area (Å²) in [7, 11) is 0. The standard InChI is InChI=1S/C26H33F4NO/c1-6-23(31-16-22-17(3)9-8-10-18(22)4)25(15-19(5)27,24(32)7-2)20-11-13-21(14-12-20)26(28,29)30/h8-14,16,19,23-24,32H,6-7,15H2,1-5H3. The minimum absolute atomic E-state index is 0.0457. The molecule has 6 heteroatoms. The Morgan fingerprint density at radius 3 is 1.91 bits per heavy atom. The third-order valence-corrected chi connectivity index (χ3v) is 6.26. The summed E-state index contributed by atoms with van der Waals surface area (Å²) in [6.07, 6.45) is -4.20. The SMILES string of the molecule is CCC(O)C(CC(C)F)(c1ccc(C(F)(F)F)cc1)C(CC)N=Cc1c(C)cccc1C. The second-order valence-electron chi connectivity index (χ2n) is 8.53. The van der Waals surface area contributed by atoms with Crippen LogP contribution in [0.25, 0.3) is 0 Å². The fraction of sp³-hybridized carbons (Fsp3) is 0.500. The first-order valence-electron chi connectivity index (χ1n) is 11.1. The lowest BCUT2D eigenvalue weighted by molar-refractivity contribution is -0.137. The number of aliphatic imine (C=N–C) groups is 1. The van der Waals surface area contributed by atoms with Gasteiger partial charge in [0.25, 0.3) is 0 Å². The predicted molar refractivity (Wildman–Crippen MR) is 122 cm³/mol. The van der Waals surface area contributed by atoms with Crippen LogP contribution in [-0.4, -0.2) is 29.6 Å². The number of nitrogens with zero attached hydrogens (tertiary/aromatic N) is 1. The maximum Gasteiger partial charge on any atom is 0.416 e. The zero-order valence-corrected chi connectivity index (χ0v) is 19.4. The van der Waals surface area contributed by atoms with E-state index in [1.807, 2.05) is 39.0 Å². The molecule has 4 atom stereocenters. The van der Waals surface area contributed by atoms with Crippen molar-refractivity contribution < 1.29 is 22.7 Å². The van der Waals surface area contributed by atoms with Crippen LogP contribution in [0.5, 0.6) is 0 Å². The molecule has 176 valence electrons. The summed E-state index contributed by atoms with van der Waals surface area (Å²) < 4.78 is 53.9. The van der Waals surface area contributed by atoms with E-state index in [0.717, 1.165) is 28.8 Å². The van der Waals surface area contributed by atoms with Crippen LogP contribution in [0.1, 0.15) is 67.9 Å². The van der Waals surface area contributed by atoms with Gasteiger partial charge in [0.2, 0.25) is 0 Å². The Morgan fingerprint density at radius 1 is 0.938 bits per heavy atom. The van der Waals surface area contributed by atoms with E-state index < -0.39 is 35.5 Å². The van der Waals surface area contributed by atoms with Crippen molar-refractivity contribution >= 4 is 6.21 Å². The fourth-order valence-corrected chi connectivity index (χ4v) is 4.59. The number of aliphatic hydroxyl groups excluding tert-OH is 1. The Hall–Kier alpha value is -2.21. The Kier molecular flexibility index (Phi) is 8.63. The number of alkyl halides is 4. The summed E-state index contributed by atoms with van der Waals surface area (Å²) in [6, 6.07) is 10.1. The van der Waals surface area contributed by atoms with Gasteiger partial charge in [-0.1, -0.05) is 44.2 Å². The highest BCUT2D eigenvalue weighted by Gasteiger charge is 2.46. The van der Waals surface area contributed by atoms with Crippen molar-refractivity contribution in [2.45, 2.75) is 83.8 Å². The molecule has 0 heterocycles. The second kappa shape index (κ2) is 10.6. The molecular weight excluding hydrogens is 418 g/mol. The van der Waals surface area contributed by atoms with Gasteiger partial charge >= 0.3 is 6.18 Å².